The summed E-state index contributed by atoms with van der Waals surface area (Å²) in [4.78, 5) is 52.8. The average molecular weight is 681 g/mol. The highest BCUT2D eigenvalue weighted by Crippen LogP contribution is 2.31. The van der Waals surface area contributed by atoms with Crippen LogP contribution in [0.25, 0.3) is 11.4 Å². The van der Waals surface area contributed by atoms with Crippen LogP contribution in [0.15, 0.2) is 53.5 Å². The zero-order chi connectivity index (χ0) is 34.9. The van der Waals surface area contributed by atoms with Crippen molar-refractivity contribution in [2.45, 2.75) is 51.4 Å². The van der Waals surface area contributed by atoms with Crippen LogP contribution in [0.2, 0.25) is 0 Å². The summed E-state index contributed by atoms with van der Waals surface area (Å²) in [5.41, 5.74) is 0.512. The number of nitrogens with one attached hydrogen (secondary N) is 1. The van der Waals surface area contributed by atoms with Crippen LogP contribution < -0.4 is 15.8 Å². The number of hydrogen-bond donors (Lipinski definition) is 2. The molecule has 1 atom stereocenters. The van der Waals surface area contributed by atoms with Crippen molar-refractivity contribution in [2.75, 3.05) is 43.5 Å². The number of rotatable bonds is 8. The molecule has 1 aliphatic heterocycles. The summed E-state index contributed by atoms with van der Waals surface area (Å²) in [6, 6.07) is 7.05. The molecule has 2 amide bonds. The number of anilines is 2. The van der Waals surface area contributed by atoms with Crippen LogP contribution in [0.3, 0.4) is 0 Å². The highest BCUT2D eigenvalue weighted by atomic mass is 19.4. The van der Waals surface area contributed by atoms with Gasteiger partial charge in [-0.15, -0.1) is 5.10 Å². The number of hydrogen-bond acceptors (Lipinski definition) is 9. The van der Waals surface area contributed by atoms with Crippen molar-refractivity contribution in [3.05, 3.63) is 81.8 Å². The minimum absolute atomic E-state index is 0.0583. The maximum atomic E-state index is 14.2. The van der Waals surface area contributed by atoms with Crippen molar-refractivity contribution in [1.82, 2.24) is 29.0 Å². The van der Waals surface area contributed by atoms with E-state index in [0.29, 0.717) is 36.5 Å². The van der Waals surface area contributed by atoms with E-state index in [1.54, 1.807) is 16.6 Å². The van der Waals surface area contributed by atoms with E-state index in [9.17, 15) is 32.7 Å². The van der Waals surface area contributed by atoms with Gasteiger partial charge < -0.3 is 29.5 Å². The number of carbonyl (C=O) groups is 2. The fraction of sp³-hybridized carbons (Fsp3) is 0.394. The van der Waals surface area contributed by atoms with E-state index in [1.807, 2.05) is 17.9 Å². The number of benzene rings is 1. The summed E-state index contributed by atoms with van der Waals surface area (Å²) in [5.74, 6) is -0.691. The van der Waals surface area contributed by atoms with Crippen LogP contribution >= 0.6 is 0 Å². The van der Waals surface area contributed by atoms with Crippen molar-refractivity contribution in [1.29, 1.82) is 0 Å². The van der Waals surface area contributed by atoms with Gasteiger partial charge in [0, 0.05) is 45.2 Å². The summed E-state index contributed by atoms with van der Waals surface area (Å²) < 4.78 is 47.5. The van der Waals surface area contributed by atoms with Gasteiger partial charge in [-0.25, -0.2) is 4.98 Å². The topological polar surface area (TPSA) is 147 Å². The standard InChI is InChI=1S/C33H35F3N8O5/c1-3-24-28(41-15-17-42(18-16-41)30(47)27-25(45)5-4-14-37-27)31(48)44-32(39-29(40-44)20-6-12-23(49-2)13-7-20)43(24)19-26(46)38-22-10-8-21(9-11-22)33(34,35)36/h4-6,8-11,14,23,45H,3,7,12-13,15-19H2,1-2H3,(H,38,46)/t23-/m1/s1. The second-order valence-electron chi connectivity index (χ2n) is 11.8. The summed E-state index contributed by atoms with van der Waals surface area (Å²) in [6.07, 6.45) is 1.33. The zero-order valence-electron chi connectivity index (χ0n) is 26.9. The first kappa shape index (κ1) is 33.6. The Labute approximate surface area is 278 Å². The van der Waals surface area contributed by atoms with E-state index < -0.39 is 29.1 Å². The highest BCUT2D eigenvalue weighted by Gasteiger charge is 2.32. The van der Waals surface area contributed by atoms with E-state index in [2.05, 4.69) is 15.4 Å². The Morgan fingerprint density at radius 3 is 2.45 bits per heavy atom. The SMILES string of the molecule is CCc1c(N2CCN(C(=O)c3ncccc3O)CC2)c(=O)n2nc(C3=CC[C@@H](OC)CC3)nc2n1CC(=O)Nc1ccc(C(F)(F)F)cc1. The summed E-state index contributed by atoms with van der Waals surface area (Å²) in [7, 11) is 1.65. The molecule has 1 fully saturated rings. The molecule has 2 N–H and O–H groups in total. The molecule has 0 spiro atoms. The molecule has 0 unspecified atom stereocenters. The van der Waals surface area contributed by atoms with Crippen molar-refractivity contribution >= 4 is 34.5 Å². The monoisotopic (exact) mass is 680 g/mol. The molecule has 0 bridgehead atoms. The summed E-state index contributed by atoms with van der Waals surface area (Å²) in [6.45, 7) is 2.56. The van der Waals surface area contributed by atoms with Crippen molar-refractivity contribution < 1.29 is 32.6 Å². The number of alkyl halides is 3. The van der Waals surface area contributed by atoms with Gasteiger partial charge in [-0.05, 0) is 67.7 Å². The molecule has 2 aliphatic rings. The second-order valence-corrected chi connectivity index (χ2v) is 11.8. The zero-order valence-corrected chi connectivity index (χ0v) is 26.9. The van der Waals surface area contributed by atoms with Gasteiger partial charge in [0.1, 0.15) is 18.0 Å². The number of aromatic nitrogens is 5. The van der Waals surface area contributed by atoms with E-state index >= 15 is 0 Å². The molecule has 16 heteroatoms. The molecule has 1 aromatic carbocycles. The Hall–Kier alpha value is -5.25. The van der Waals surface area contributed by atoms with Gasteiger partial charge in [-0.3, -0.25) is 14.4 Å². The van der Waals surface area contributed by atoms with E-state index in [4.69, 9.17) is 9.72 Å². The number of carbonyl (C=O) groups excluding carboxylic acids is 2. The molecule has 6 rings (SSSR count). The predicted molar refractivity (Wildman–Crippen MR) is 173 cm³/mol. The van der Waals surface area contributed by atoms with E-state index in [0.717, 1.165) is 24.1 Å². The molecular weight excluding hydrogens is 645 g/mol. The maximum Gasteiger partial charge on any atom is 0.416 e. The molecule has 0 saturated carbocycles. The Morgan fingerprint density at radius 2 is 1.84 bits per heavy atom. The van der Waals surface area contributed by atoms with Gasteiger partial charge >= 0.3 is 6.18 Å². The number of piperazine rings is 1. The Kier molecular flexibility index (Phi) is 9.41. The van der Waals surface area contributed by atoms with Crippen molar-refractivity contribution in [2.24, 2.45) is 0 Å². The Balaban J connectivity index is 1.34. The first-order valence-electron chi connectivity index (χ1n) is 15.9. The van der Waals surface area contributed by atoms with E-state index in [-0.39, 0.29) is 61.7 Å². The maximum absolute atomic E-state index is 14.2. The van der Waals surface area contributed by atoms with Gasteiger partial charge in [0.05, 0.1) is 17.4 Å². The summed E-state index contributed by atoms with van der Waals surface area (Å²) in [5, 5.41) is 17.4. The Morgan fingerprint density at radius 1 is 1.10 bits per heavy atom. The molecule has 13 nitrogen and oxygen atoms in total. The number of halogens is 3. The molecule has 1 aliphatic carbocycles. The lowest BCUT2D eigenvalue weighted by Gasteiger charge is -2.36. The van der Waals surface area contributed by atoms with Gasteiger partial charge in [0.2, 0.25) is 11.7 Å². The fourth-order valence-corrected chi connectivity index (χ4v) is 6.22. The third kappa shape index (κ3) is 6.86. The van der Waals surface area contributed by atoms with E-state index in [1.165, 1.54) is 35.0 Å². The van der Waals surface area contributed by atoms with Gasteiger partial charge in [-0.1, -0.05) is 13.0 Å². The second kappa shape index (κ2) is 13.7. The number of nitrogens with zero attached hydrogens (tertiary/aromatic N) is 7. The van der Waals surface area contributed by atoms with Gasteiger partial charge in [-0.2, -0.15) is 22.7 Å². The first-order chi connectivity index (χ1) is 23.5. The number of ether oxygens (including phenoxy) is 1. The molecule has 4 heterocycles. The normalized spacial score (nSPS) is 16.9. The van der Waals surface area contributed by atoms with Gasteiger partial charge in [0.25, 0.3) is 11.5 Å². The fourth-order valence-electron chi connectivity index (χ4n) is 6.22. The largest absolute Gasteiger partial charge is 0.505 e. The quantitative estimate of drug-likeness (QED) is 0.284. The number of amides is 2. The van der Waals surface area contributed by atoms with Crippen LogP contribution in [0, 0.1) is 0 Å². The molecule has 49 heavy (non-hydrogen) atoms. The number of methoxy groups -OCH3 is 1. The smallest absolute Gasteiger partial charge is 0.416 e. The molecule has 4 aromatic rings. The van der Waals surface area contributed by atoms with Crippen LogP contribution in [-0.4, -0.2) is 85.4 Å². The number of allylic oxidation sites excluding steroid dienone is 1. The first-order valence-corrected chi connectivity index (χ1v) is 15.9. The molecule has 0 radical (unpaired) electrons. The molecule has 3 aromatic heterocycles. The number of pyridine rings is 1. The number of aromatic hydroxyl groups is 1. The third-order valence-electron chi connectivity index (χ3n) is 8.81. The molecule has 1 saturated heterocycles. The summed E-state index contributed by atoms with van der Waals surface area (Å²) >= 11 is 0. The van der Waals surface area contributed by atoms with Crippen LogP contribution in [-0.2, 0) is 28.7 Å². The van der Waals surface area contributed by atoms with Gasteiger partial charge in [0.15, 0.2) is 11.5 Å². The predicted octanol–water partition coefficient (Wildman–Crippen LogP) is 3.76. The van der Waals surface area contributed by atoms with Crippen LogP contribution in [0.1, 0.15) is 53.8 Å². The Bertz CT molecular complexity index is 1960. The average Bonchev–Trinajstić information content (AvgIpc) is 3.55. The lowest BCUT2D eigenvalue weighted by molar-refractivity contribution is -0.137. The van der Waals surface area contributed by atoms with Crippen molar-refractivity contribution in [3.63, 3.8) is 0 Å². The minimum Gasteiger partial charge on any atom is -0.505 e. The molecule has 258 valence electrons. The lowest BCUT2D eigenvalue weighted by Crippen LogP contribution is -2.51. The van der Waals surface area contributed by atoms with Crippen molar-refractivity contribution in [3.8, 4) is 5.75 Å². The highest BCUT2D eigenvalue weighted by molar-refractivity contribution is 5.95. The molecular formula is C33H35F3N8O5. The lowest BCUT2D eigenvalue weighted by atomic mass is 9.97. The van der Waals surface area contributed by atoms with Crippen LogP contribution in [0.4, 0.5) is 24.5 Å². The minimum atomic E-state index is -4.51. The number of fused-ring (bicyclic) bond motifs is 1. The van der Waals surface area contributed by atoms with Crippen LogP contribution in [0.5, 0.6) is 5.75 Å². The third-order valence-corrected chi connectivity index (χ3v) is 8.81.